The summed E-state index contributed by atoms with van der Waals surface area (Å²) in [5.41, 5.74) is 1.43. The smallest absolute Gasteiger partial charge is 0.338 e. The maximum atomic E-state index is 12.3. The molecule has 1 aliphatic heterocycles. The molecule has 0 fully saturated rings. The fraction of sp³-hybridized carbons (Fsp3) is 0.333. The van der Waals surface area contributed by atoms with Gasteiger partial charge in [0.1, 0.15) is 6.61 Å². The average molecular weight is 344 g/mol. The van der Waals surface area contributed by atoms with Crippen LogP contribution in [-0.4, -0.2) is 32.3 Å². The Morgan fingerprint density at radius 1 is 1.36 bits per heavy atom. The maximum absolute atomic E-state index is 12.3. The zero-order chi connectivity index (χ0) is 18.4. The topological polar surface area (TPSA) is 85.9 Å². The highest BCUT2D eigenvalue weighted by atomic mass is 16.5. The molecule has 7 heteroatoms. The van der Waals surface area contributed by atoms with Gasteiger partial charge in [-0.05, 0) is 31.5 Å². The minimum atomic E-state index is -0.664. The number of terminal acetylenes is 1. The van der Waals surface area contributed by atoms with Gasteiger partial charge in [-0.2, -0.15) is 0 Å². The molecule has 2 amide bonds. The Morgan fingerprint density at radius 3 is 2.76 bits per heavy atom. The molecule has 0 radical (unpaired) electrons. The van der Waals surface area contributed by atoms with Crippen molar-refractivity contribution < 1.29 is 23.8 Å². The molecule has 0 aliphatic carbocycles. The van der Waals surface area contributed by atoms with E-state index in [1.54, 1.807) is 32.0 Å². The van der Waals surface area contributed by atoms with Crippen LogP contribution in [0.15, 0.2) is 29.5 Å². The lowest BCUT2D eigenvalue weighted by Crippen LogP contribution is -2.45. The number of hydrogen-bond donors (Lipinski definition) is 2. The highest BCUT2D eigenvalue weighted by Crippen LogP contribution is 2.34. The van der Waals surface area contributed by atoms with E-state index >= 15 is 0 Å². The van der Waals surface area contributed by atoms with E-state index in [2.05, 4.69) is 16.6 Å². The maximum Gasteiger partial charge on any atom is 0.338 e. The van der Waals surface area contributed by atoms with Gasteiger partial charge in [0.2, 0.25) is 0 Å². The van der Waals surface area contributed by atoms with E-state index in [-0.39, 0.29) is 13.2 Å². The molecule has 132 valence electrons. The van der Waals surface area contributed by atoms with Gasteiger partial charge in [-0.1, -0.05) is 12.0 Å². The van der Waals surface area contributed by atoms with Crippen LogP contribution in [-0.2, 0) is 9.53 Å². The number of amides is 2. The lowest BCUT2D eigenvalue weighted by molar-refractivity contribution is -0.139. The van der Waals surface area contributed by atoms with Crippen LogP contribution in [0.1, 0.15) is 25.5 Å². The Bertz CT molecular complexity index is 748. The summed E-state index contributed by atoms with van der Waals surface area (Å²) < 4.78 is 15.8. The van der Waals surface area contributed by atoms with Crippen LogP contribution in [0.5, 0.6) is 11.5 Å². The number of esters is 1. The highest BCUT2D eigenvalue weighted by molar-refractivity contribution is 5.95. The summed E-state index contributed by atoms with van der Waals surface area (Å²) in [5, 5.41) is 5.32. The molecule has 1 aromatic rings. The normalized spacial score (nSPS) is 16.4. The molecule has 7 nitrogen and oxygen atoms in total. The van der Waals surface area contributed by atoms with Crippen molar-refractivity contribution in [1.29, 1.82) is 0 Å². The van der Waals surface area contributed by atoms with Gasteiger partial charge in [0.15, 0.2) is 11.5 Å². The van der Waals surface area contributed by atoms with E-state index in [9.17, 15) is 9.59 Å². The molecular weight excluding hydrogens is 324 g/mol. The largest absolute Gasteiger partial charge is 0.493 e. The lowest BCUT2D eigenvalue weighted by Gasteiger charge is -2.28. The van der Waals surface area contributed by atoms with Crippen LogP contribution in [0.3, 0.4) is 0 Å². The van der Waals surface area contributed by atoms with E-state index in [0.717, 1.165) is 0 Å². The van der Waals surface area contributed by atoms with E-state index in [0.29, 0.717) is 28.3 Å². The molecule has 1 aromatic carbocycles. The predicted molar refractivity (Wildman–Crippen MR) is 91.1 cm³/mol. The molecule has 0 spiro atoms. The highest BCUT2D eigenvalue weighted by Gasteiger charge is 2.32. The summed E-state index contributed by atoms with van der Waals surface area (Å²) in [6.45, 7) is 3.71. The summed E-state index contributed by atoms with van der Waals surface area (Å²) in [6.07, 6.45) is 5.20. The first-order valence-corrected chi connectivity index (χ1v) is 7.71. The number of hydrogen-bond acceptors (Lipinski definition) is 5. The Labute approximate surface area is 146 Å². The van der Waals surface area contributed by atoms with Crippen LogP contribution in [0.2, 0.25) is 0 Å². The quantitative estimate of drug-likeness (QED) is 0.608. The number of carbonyl (C=O) groups excluding carboxylic acids is 2. The van der Waals surface area contributed by atoms with Gasteiger partial charge in [0, 0.05) is 5.70 Å². The molecule has 1 atom stereocenters. The van der Waals surface area contributed by atoms with Crippen molar-refractivity contribution in [1.82, 2.24) is 10.6 Å². The van der Waals surface area contributed by atoms with E-state index < -0.39 is 18.0 Å². The van der Waals surface area contributed by atoms with Gasteiger partial charge in [0.25, 0.3) is 0 Å². The fourth-order valence-electron chi connectivity index (χ4n) is 2.53. The molecule has 0 bridgehead atoms. The number of benzene rings is 1. The van der Waals surface area contributed by atoms with Crippen LogP contribution >= 0.6 is 0 Å². The average Bonchev–Trinajstić information content (AvgIpc) is 2.59. The van der Waals surface area contributed by atoms with Crippen LogP contribution in [0.4, 0.5) is 4.79 Å². The van der Waals surface area contributed by atoms with Crippen molar-refractivity contribution >= 4 is 12.0 Å². The number of rotatable bonds is 6. The number of urea groups is 1. The SMILES string of the molecule is C#CCOc1ccc([C@H]2NC(=O)NC(C)=C2C(=O)OCC)cc1OC. The van der Waals surface area contributed by atoms with Crippen molar-refractivity contribution in [2.45, 2.75) is 19.9 Å². The number of carbonyl (C=O) groups is 2. The molecule has 0 saturated heterocycles. The summed E-state index contributed by atoms with van der Waals surface area (Å²) in [6, 6.07) is 4.04. The van der Waals surface area contributed by atoms with Gasteiger partial charge < -0.3 is 24.8 Å². The number of allylic oxidation sites excluding steroid dienone is 1. The molecule has 0 unspecified atom stereocenters. The number of ether oxygens (including phenoxy) is 3. The van der Waals surface area contributed by atoms with Gasteiger partial charge in [0.05, 0.1) is 25.3 Å². The van der Waals surface area contributed by atoms with E-state index in [1.807, 2.05) is 0 Å². The lowest BCUT2D eigenvalue weighted by atomic mass is 9.95. The molecule has 0 saturated carbocycles. The van der Waals surface area contributed by atoms with Crippen molar-refractivity contribution in [3.8, 4) is 23.8 Å². The monoisotopic (exact) mass is 344 g/mol. The number of nitrogens with one attached hydrogen (secondary N) is 2. The summed E-state index contributed by atoms with van der Waals surface area (Å²) in [4.78, 5) is 24.2. The summed E-state index contributed by atoms with van der Waals surface area (Å²) >= 11 is 0. The van der Waals surface area contributed by atoms with E-state index in [1.165, 1.54) is 7.11 Å². The zero-order valence-electron chi connectivity index (χ0n) is 14.3. The number of methoxy groups -OCH3 is 1. The van der Waals surface area contributed by atoms with Crippen LogP contribution in [0.25, 0.3) is 0 Å². The first-order valence-electron chi connectivity index (χ1n) is 7.71. The van der Waals surface area contributed by atoms with Gasteiger partial charge >= 0.3 is 12.0 Å². The minimum Gasteiger partial charge on any atom is -0.493 e. The molecule has 1 heterocycles. The molecule has 25 heavy (non-hydrogen) atoms. The van der Waals surface area contributed by atoms with Crippen molar-refractivity contribution in [3.63, 3.8) is 0 Å². The van der Waals surface area contributed by atoms with Crippen molar-refractivity contribution in [3.05, 3.63) is 35.0 Å². The standard InChI is InChI=1S/C18H20N2O5/c1-5-9-25-13-8-7-12(10-14(13)23-4)16-15(17(21)24-6-2)11(3)19-18(22)20-16/h1,7-8,10,16H,6,9H2,2-4H3,(H2,19,20,22)/t16-/m1/s1. The summed E-state index contributed by atoms with van der Waals surface area (Å²) in [7, 11) is 1.50. The van der Waals surface area contributed by atoms with Crippen LogP contribution < -0.4 is 20.1 Å². The summed E-state index contributed by atoms with van der Waals surface area (Å²) in [5.74, 6) is 2.81. The second-order valence-corrected chi connectivity index (χ2v) is 5.19. The first kappa shape index (κ1) is 18.2. The molecule has 1 aliphatic rings. The van der Waals surface area contributed by atoms with Crippen LogP contribution in [0, 0.1) is 12.3 Å². The second kappa shape index (κ2) is 8.11. The molecule has 0 aromatic heterocycles. The van der Waals surface area contributed by atoms with E-state index in [4.69, 9.17) is 20.6 Å². The second-order valence-electron chi connectivity index (χ2n) is 5.19. The van der Waals surface area contributed by atoms with Gasteiger partial charge in [-0.15, -0.1) is 6.42 Å². The third-order valence-electron chi connectivity index (χ3n) is 3.60. The third-order valence-corrected chi connectivity index (χ3v) is 3.60. The predicted octanol–water partition coefficient (Wildman–Crippen LogP) is 1.90. The van der Waals surface area contributed by atoms with Crippen molar-refractivity contribution in [2.75, 3.05) is 20.3 Å². The third kappa shape index (κ3) is 4.04. The Hall–Kier alpha value is -3.14. The molecule has 2 N–H and O–H groups in total. The molecule has 2 rings (SSSR count). The fourth-order valence-corrected chi connectivity index (χ4v) is 2.53. The zero-order valence-corrected chi connectivity index (χ0v) is 14.3. The Balaban J connectivity index is 2.43. The van der Waals surface area contributed by atoms with Crippen molar-refractivity contribution in [2.24, 2.45) is 0 Å². The van der Waals surface area contributed by atoms with Gasteiger partial charge in [-0.3, -0.25) is 0 Å². The first-order chi connectivity index (χ1) is 12.0. The minimum absolute atomic E-state index is 0.104. The van der Waals surface area contributed by atoms with Gasteiger partial charge in [-0.25, -0.2) is 9.59 Å². The Kier molecular flexibility index (Phi) is 5.90. The Morgan fingerprint density at radius 2 is 2.12 bits per heavy atom. The molecular formula is C18H20N2O5.